The first kappa shape index (κ1) is 30.1. The molecule has 234 valence electrons. The topological polar surface area (TPSA) is 121 Å². The average Bonchev–Trinajstić information content (AvgIpc) is 3.34. The standard InChI is InChI=1S/C34H43N5O5/c1-31(2,3)44-30(43)39-21-33(14-8-6-7-9-15-33)38(29(42)32(39,4)5)20-26(40)36-24-13-12-22-18-34(19-23(22)17-24)25-11-10-16-35-27(25)37-28(34)41/h10-13,16-17H,6-9,14-15,18-21H2,1-5H3,(H,36,40)(H,35,37,41). The van der Waals surface area contributed by atoms with E-state index >= 15 is 0 Å². The zero-order valence-electron chi connectivity index (χ0n) is 26.4. The van der Waals surface area contributed by atoms with E-state index in [9.17, 15) is 19.2 Å². The fourth-order valence-electron chi connectivity index (χ4n) is 7.59. The molecular weight excluding hydrogens is 558 g/mol. The number of pyridine rings is 1. The summed E-state index contributed by atoms with van der Waals surface area (Å²) in [6.45, 7) is 9.14. The lowest BCUT2D eigenvalue weighted by atomic mass is 9.79. The van der Waals surface area contributed by atoms with Gasteiger partial charge in [-0.3, -0.25) is 19.3 Å². The monoisotopic (exact) mass is 601 g/mol. The highest BCUT2D eigenvalue weighted by Crippen LogP contribution is 2.47. The summed E-state index contributed by atoms with van der Waals surface area (Å²) in [6.07, 6.45) is 7.68. The molecule has 2 aromatic rings. The Kier molecular flexibility index (Phi) is 7.25. The molecule has 2 aliphatic carbocycles. The lowest BCUT2D eigenvalue weighted by Gasteiger charge is -2.56. The lowest BCUT2D eigenvalue weighted by molar-refractivity contribution is -0.164. The Morgan fingerprint density at radius 2 is 1.73 bits per heavy atom. The predicted molar refractivity (Wildman–Crippen MR) is 166 cm³/mol. The van der Waals surface area contributed by atoms with E-state index in [-0.39, 0.29) is 24.3 Å². The van der Waals surface area contributed by atoms with E-state index in [0.717, 1.165) is 55.2 Å². The van der Waals surface area contributed by atoms with Gasteiger partial charge in [0.15, 0.2) is 0 Å². The Bertz CT molecular complexity index is 1520. The summed E-state index contributed by atoms with van der Waals surface area (Å²) in [5.41, 5.74) is 0.429. The van der Waals surface area contributed by atoms with E-state index in [1.807, 2.05) is 51.1 Å². The van der Waals surface area contributed by atoms with Crippen LogP contribution in [0.25, 0.3) is 0 Å². The van der Waals surface area contributed by atoms with Gasteiger partial charge in [0, 0.05) is 24.0 Å². The summed E-state index contributed by atoms with van der Waals surface area (Å²) in [5.74, 6) is 0.0327. The van der Waals surface area contributed by atoms with Crippen LogP contribution in [0.3, 0.4) is 0 Å². The molecule has 3 heterocycles. The van der Waals surface area contributed by atoms with Gasteiger partial charge in [-0.05, 0) is 89.6 Å². The predicted octanol–water partition coefficient (Wildman–Crippen LogP) is 4.96. The number of ether oxygens (including phenoxy) is 1. The molecule has 1 unspecified atom stereocenters. The van der Waals surface area contributed by atoms with Crippen LogP contribution in [0.1, 0.15) is 89.8 Å². The Labute approximate surface area is 258 Å². The van der Waals surface area contributed by atoms with Crippen molar-refractivity contribution in [1.29, 1.82) is 0 Å². The summed E-state index contributed by atoms with van der Waals surface area (Å²) in [5, 5.41) is 5.96. The van der Waals surface area contributed by atoms with Crippen molar-refractivity contribution in [2.24, 2.45) is 0 Å². The van der Waals surface area contributed by atoms with Crippen LogP contribution < -0.4 is 10.6 Å². The molecule has 1 saturated heterocycles. The number of amides is 4. The van der Waals surface area contributed by atoms with Crippen molar-refractivity contribution in [2.75, 3.05) is 23.7 Å². The highest BCUT2D eigenvalue weighted by Gasteiger charge is 2.56. The van der Waals surface area contributed by atoms with Crippen molar-refractivity contribution in [3.63, 3.8) is 0 Å². The summed E-state index contributed by atoms with van der Waals surface area (Å²) < 4.78 is 5.73. The maximum Gasteiger partial charge on any atom is 0.411 e. The number of fused-ring (bicyclic) bond motifs is 3. The number of carbonyl (C=O) groups is 4. The number of carbonyl (C=O) groups excluding carboxylic acids is 4. The summed E-state index contributed by atoms with van der Waals surface area (Å²) in [6, 6.07) is 9.59. The van der Waals surface area contributed by atoms with Crippen LogP contribution in [-0.2, 0) is 37.4 Å². The second-order valence-corrected chi connectivity index (χ2v) is 14.5. The highest BCUT2D eigenvalue weighted by molar-refractivity contribution is 6.06. The van der Waals surface area contributed by atoms with Crippen LogP contribution in [-0.4, -0.2) is 68.4 Å². The third-order valence-corrected chi connectivity index (χ3v) is 9.88. The number of hydrogen-bond donors (Lipinski definition) is 2. The van der Waals surface area contributed by atoms with Gasteiger partial charge in [-0.1, -0.05) is 37.8 Å². The number of benzene rings is 1. The fourth-order valence-corrected chi connectivity index (χ4v) is 7.59. The molecular formula is C34H43N5O5. The molecule has 4 aliphatic rings. The van der Waals surface area contributed by atoms with E-state index < -0.39 is 28.2 Å². The van der Waals surface area contributed by atoms with Crippen LogP contribution in [0.4, 0.5) is 16.3 Å². The van der Waals surface area contributed by atoms with Crippen molar-refractivity contribution >= 4 is 35.3 Å². The number of nitrogens with one attached hydrogen (secondary N) is 2. The maximum atomic E-state index is 14.2. The average molecular weight is 602 g/mol. The molecule has 1 atom stereocenters. The first-order valence-electron chi connectivity index (χ1n) is 15.8. The van der Waals surface area contributed by atoms with Gasteiger partial charge in [0.05, 0.1) is 11.0 Å². The van der Waals surface area contributed by atoms with E-state index in [4.69, 9.17) is 4.74 Å². The SMILES string of the molecule is CC(C)(C)OC(=O)N1CC2(CCCCCC2)N(CC(=O)Nc2ccc3c(c2)CC2(C3)C(=O)Nc3ncccc32)C(=O)C1(C)C. The van der Waals surface area contributed by atoms with Gasteiger partial charge in [0.2, 0.25) is 17.7 Å². The molecule has 1 aromatic heterocycles. The van der Waals surface area contributed by atoms with Crippen molar-refractivity contribution in [2.45, 2.75) is 108 Å². The minimum atomic E-state index is -1.17. The molecule has 2 N–H and O–H groups in total. The van der Waals surface area contributed by atoms with Gasteiger partial charge in [0.25, 0.3) is 0 Å². The number of rotatable bonds is 3. The van der Waals surface area contributed by atoms with E-state index in [1.54, 1.807) is 29.8 Å². The van der Waals surface area contributed by atoms with Gasteiger partial charge in [0.1, 0.15) is 23.5 Å². The first-order chi connectivity index (χ1) is 20.7. The second-order valence-electron chi connectivity index (χ2n) is 14.5. The molecule has 44 heavy (non-hydrogen) atoms. The van der Waals surface area contributed by atoms with Gasteiger partial charge < -0.3 is 20.3 Å². The minimum Gasteiger partial charge on any atom is -0.444 e. The van der Waals surface area contributed by atoms with Gasteiger partial charge in [-0.25, -0.2) is 9.78 Å². The Morgan fingerprint density at radius 1 is 1.02 bits per heavy atom. The zero-order chi connectivity index (χ0) is 31.5. The molecule has 2 spiro atoms. The summed E-state index contributed by atoms with van der Waals surface area (Å²) in [7, 11) is 0. The molecule has 10 nitrogen and oxygen atoms in total. The second kappa shape index (κ2) is 10.6. The number of nitrogens with zero attached hydrogens (tertiary/aromatic N) is 3. The minimum absolute atomic E-state index is 0.0478. The first-order valence-corrected chi connectivity index (χ1v) is 15.8. The molecule has 10 heteroatoms. The van der Waals surface area contributed by atoms with E-state index in [2.05, 4.69) is 15.6 Å². The largest absolute Gasteiger partial charge is 0.444 e. The summed E-state index contributed by atoms with van der Waals surface area (Å²) in [4.78, 5) is 61.9. The third kappa shape index (κ3) is 5.12. The summed E-state index contributed by atoms with van der Waals surface area (Å²) >= 11 is 0. The van der Waals surface area contributed by atoms with Gasteiger partial charge in [-0.15, -0.1) is 0 Å². The molecule has 4 amide bonds. The lowest BCUT2D eigenvalue weighted by Crippen LogP contribution is -2.74. The zero-order valence-corrected chi connectivity index (χ0v) is 26.4. The van der Waals surface area contributed by atoms with Gasteiger partial charge in [-0.2, -0.15) is 0 Å². The van der Waals surface area contributed by atoms with Crippen LogP contribution in [0.2, 0.25) is 0 Å². The maximum absolute atomic E-state index is 14.2. The molecule has 6 rings (SSSR count). The highest BCUT2D eigenvalue weighted by atomic mass is 16.6. The Morgan fingerprint density at radius 3 is 2.43 bits per heavy atom. The number of aromatic nitrogens is 1. The molecule has 2 aliphatic heterocycles. The van der Waals surface area contributed by atoms with Crippen LogP contribution in [0.5, 0.6) is 0 Å². The smallest absolute Gasteiger partial charge is 0.411 e. The van der Waals surface area contributed by atoms with E-state index in [0.29, 0.717) is 30.9 Å². The van der Waals surface area contributed by atoms with Crippen LogP contribution in [0.15, 0.2) is 36.5 Å². The quantitative estimate of drug-likeness (QED) is 0.513. The number of hydrogen-bond acceptors (Lipinski definition) is 6. The Balaban J connectivity index is 1.22. The number of piperazine rings is 1. The van der Waals surface area contributed by atoms with E-state index in [1.165, 1.54) is 0 Å². The molecule has 2 fully saturated rings. The normalized spacial score (nSPS) is 23.7. The van der Waals surface area contributed by atoms with Crippen molar-refractivity contribution in [3.8, 4) is 0 Å². The molecule has 1 aromatic carbocycles. The molecule has 0 bridgehead atoms. The Hall–Kier alpha value is -3.95. The van der Waals surface area contributed by atoms with Crippen molar-refractivity contribution in [1.82, 2.24) is 14.8 Å². The third-order valence-electron chi connectivity index (χ3n) is 9.88. The van der Waals surface area contributed by atoms with Crippen molar-refractivity contribution < 1.29 is 23.9 Å². The number of anilines is 2. The molecule has 0 radical (unpaired) electrons. The van der Waals surface area contributed by atoms with Crippen LogP contribution in [0, 0.1) is 0 Å². The molecule has 1 saturated carbocycles. The van der Waals surface area contributed by atoms with Crippen molar-refractivity contribution in [3.05, 3.63) is 53.2 Å². The van der Waals surface area contributed by atoms with Crippen LogP contribution >= 0.6 is 0 Å². The van der Waals surface area contributed by atoms with Gasteiger partial charge >= 0.3 is 6.09 Å². The fraction of sp³-hybridized carbons (Fsp3) is 0.559.